The minimum Gasteiger partial charge on any atom is -0.658 e. The molecule has 2 nitrogen and oxygen atoms in total. The number of para-hydroxylation sites is 2. The first kappa shape index (κ1) is 13.0. The van der Waals surface area contributed by atoms with Crippen molar-refractivity contribution in [2.75, 3.05) is 0 Å². The molecule has 0 aromatic heterocycles. The van der Waals surface area contributed by atoms with E-state index in [4.69, 9.17) is 4.65 Å². The van der Waals surface area contributed by atoms with E-state index in [9.17, 15) is 0 Å². The molecular formula is C17H20BNO. The molecule has 0 fully saturated rings. The molecule has 0 aliphatic carbocycles. The number of hydrogen-bond acceptors (Lipinski definition) is 1. The molecule has 0 N–H and O–H groups in total. The van der Waals surface area contributed by atoms with Gasteiger partial charge in [0.2, 0.25) is 0 Å². The van der Waals surface area contributed by atoms with Crippen LogP contribution in [0.15, 0.2) is 54.6 Å². The summed E-state index contributed by atoms with van der Waals surface area (Å²) < 4.78 is 8.78. The summed E-state index contributed by atoms with van der Waals surface area (Å²) in [4.78, 5) is 0. The molecule has 102 valence electrons. The van der Waals surface area contributed by atoms with E-state index in [1.165, 1.54) is 5.69 Å². The fraction of sp³-hybridized carbons (Fsp3) is 0.235. The standard InChI is InChI=1S/C17H20BNO/c1-3-18(4-2)19(16-11-6-5-7-12-16)14-15-10-8-9-13-17(15)20-18/h5-14H,3-4H2,1-2H3. The van der Waals surface area contributed by atoms with Crippen molar-refractivity contribution in [3.63, 3.8) is 0 Å². The van der Waals surface area contributed by atoms with Crippen molar-refractivity contribution in [3.05, 3.63) is 60.2 Å². The third-order valence-corrected chi connectivity index (χ3v) is 4.38. The second-order valence-corrected chi connectivity index (χ2v) is 5.44. The minimum atomic E-state index is -1.05. The van der Waals surface area contributed by atoms with Crippen molar-refractivity contribution >= 4 is 18.4 Å². The van der Waals surface area contributed by atoms with Gasteiger partial charge < -0.3 is 9.14 Å². The van der Waals surface area contributed by atoms with Crippen molar-refractivity contribution in [2.45, 2.75) is 26.5 Å². The highest BCUT2D eigenvalue weighted by atomic mass is 16.5. The molecule has 0 unspecified atom stereocenters. The number of hydrogen-bond donors (Lipinski definition) is 0. The zero-order chi connectivity index (χ0) is 14.0. The van der Waals surface area contributed by atoms with Crippen LogP contribution in [0.3, 0.4) is 0 Å². The fourth-order valence-electron chi connectivity index (χ4n) is 3.07. The van der Waals surface area contributed by atoms with Gasteiger partial charge >= 0.3 is 6.48 Å². The first-order valence-electron chi connectivity index (χ1n) is 7.44. The molecule has 3 rings (SSSR count). The molecule has 0 spiro atoms. The van der Waals surface area contributed by atoms with Gasteiger partial charge in [0.05, 0.1) is 11.3 Å². The molecule has 0 bridgehead atoms. The molecular weight excluding hydrogens is 245 g/mol. The predicted molar refractivity (Wildman–Crippen MR) is 85.3 cm³/mol. The lowest BCUT2D eigenvalue weighted by Crippen LogP contribution is -2.53. The van der Waals surface area contributed by atoms with Gasteiger partial charge in [-0.1, -0.05) is 56.8 Å². The van der Waals surface area contributed by atoms with Crippen LogP contribution >= 0.6 is 0 Å². The molecule has 3 heteroatoms. The lowest BCUT2D eigenvalue weighted by Gasteiger charge is -2.39. The van der Waals surface area contributed by atoms with E-state index in [0.717, 1.165) is 24.0 Å². The van der Waals surface area contributed by atoms with Gasteiger partial charge in [-0.05, 0) is 12.1 Å². The summed E-state index contributed by atoms with van der Waals surface area (Å²) in [6.07, 6.45) is 4.23. The van der Waals surface area contributed by atoms with Gasteiger partial charge in [0.1, 0.15) is 6.21 Å². The van der Waals surface area contributed by atoms with Gasteiger partial charge in [-0.2, -0.15) is 0 Å². The Morgan fingerprint density at radius 2 is 1.55 bits per heavy atom. The van der Waals surface area contributed by atoms with Gasteiger partial charge in [0, 0.05) is 12.1 Å². The average Bonchev–Trinajstić information content (AvgIpc) is 2.54. The number of nitrogens with zero attached hydrogens (tertiary/aromatic N) is 1. The Hall–Kier alpha value is -2.03. The zero-order valence-corrected chi connectivity index (χ0v) is 12.1. The normalized spacial score (nSPS) is 16.0. The monoisotopic (exact) mass is 265 g/mol. The van der Waals surface area contributed by atoms with Crippen LogP contribution in [0.2, 0.25) is 12.6 Å². The zero-order valence-electron chi connectivity index (χ0n) is 12.1. The molecule has 0 radical (unpaired) electrons. The third kappa shape index (κ3) is 2.03. The van der Waals surface area contributed by atoms with E-state index >= 15 is 0 Å². The summed E-state index contributed by atoms with van der Waals surface area (Å²) in [5.74, 6) is 1.00. The Labute approximate surface area is 120 Å². The Bertz CT molecular complexity index is 632. The van der Waals surface area contributed by atoms with E-state index in [2.05, 4.69) is 73.1 Å². The molecule has 0 atom stereocenters. The van der Waals surface area contributed by atoms with Crippen LogP contribution in [0.25, 0.3) is 0 Å². The lowest BCUT2D eigenvalue weighted by atomic mass is 9.45. The molecule has 0 saturated carbocycles. The third-order valence-electron chi connectivity index (χ3n) is 4.38. The van der Waals surface area contributed by atoms with Crippen LogP contribution in [0.1, 0.15) is 19.4 Å². The molecule has 1 heterocycles. The lowest BCUT2D eigenvalue weighted by molar-refractivity contribution is -0.314. The summed E-state index contributed by atoms with van der Waals surface area (Å²) >= 11 is 0. The second kappa shape index (κ2) is 5.16. The molecule has 0 saturated heterocycles. The van der Waals surface area contributed by atoms with Gasteiger partial charge in [0.15, 0.2) is 5.69 Å². The average molecular weight is 265 g/mol. The highest BCUT2D eigenvalue weighted by molar-refractivity contribution is 6.67. The van der Waals surface area contributed by atoms with Crippen LogP contribution in [0, 0.1) is 0 Å². The van der Waals surface area contributed by atoms with Crippen molar-refractivity contribution < 1.29 is 9.14 Å². The summed E-state index contributed by atoms with van der Waals surface area (Å²) in [7, 11) is 0. The Morgan fingerprint density at radius 1 is 0.900 bits per heavy atom. The maximum absolute atomic E-state index is 6.44. The van der Waals surface area contributed by atoms with Gasteiger partial charge in [0.25, 0.3) is 0 Å². The maximum atomic E-state index is 6.44. The molecule has 2 aromatic rings. The summed E-state index contributed by atoms with van der Waals surface area (Å²) in [5.41, 5.74) is 2.35. The van der Waals surface area contributed by atoms with Gasteiger partial charge in [-0.15, -0.1) is 0 Å². The van der Waals surface area contributed by atoms with E-state index in [0.29, 0.717) is 0 Å². The Balaban J connectivity index is 2.19. The Morgan fingerprint density at radius 3 is 2.25 bits per heavy atom. The number of benzene rings is 2. The van der Waals surface area contributed by atoms with Crippen molar-refractivity contribution in [3.8, 4) is 5.75 Å². The summed E-state index contributed by atoms with van der Waals surface area (Å²) in [6, 6.07) is 18.8. The quantitative estimate of drug-likeness (QED) is 0.752. The molecule has 1 aliphatic rings. The molecule has 0 amide bonds. The van der Waals surface area contributed by atoms with Crippen LogP contribution in [0.5, 0.6) is 5.75 Å². The van der Waals surface area contributed by atoms with E-state index in [-0.39, 0.29) is 0 Å². The molecule has 2 aromatic carbocycles. The largest absolute Gasteiger partial charge is 0.658 e. The SMILES string of the molecule is CC[B-]1(CC)Oc2ccccc2C=[N+]1c1ccccc1. The van der Waals surface area contributed by atoms with Crippen molar-refractivity contribution in [1.29, 1.82) is 0 Å². The summed E-state index contributed by atoms with van der Waals surface area (Å²) in [6.45, 7) is 3.37. The van der Waals surface area contributed by atoms with Crippen LogP contribution < -0.4 is 4.65 Å². The van der Waals surface area contributed by atoms with E-state index in [1.54, 1.807) is 0 Å². The van der Waals surface area contributed by atoms with Crippen LogP contribution in [0.4, 0.5) is 5.69 Å². The molecule has 20 heavy (non-hydrogen) atoms. The van der Waals surface area contributed by atoms with Crippen LogP contribution in [-0.2, 0) is 0 Å². The maximum Gasteiger partial charge on any atom is 0.455 e. The summed E-state index contributed by atoms with van der Waals surface area (Å²) in [5, 5.41) is 0. The van der Waals surface area contributed by atoms with E-state index in [1.807, 2.05) is 6.07 Å². The van der Waals surface area contributed by atoms with Crippen molar-refractivity contribution in [1.82, 2.24) is 0 Å². The number of fused-ring (bicyclic) bond motifs is 1. The minimum absolute atomic E-state index is 0.996. The second-order valence-electron chi connectivity index (χ2n) is 5.44. The molecule has 1 aliphatic heterocycles. The van der Waals surface area contributed by atoms with Gasteiger partial charge in [-0.3, -0.25) is 0 Å². The van der Waals surface area contributed by atoms with Gasteiger partial charge in [-0.25, -0.2) is 0 Å². The topological polar surface area (TPSA) is 12.2 Å². The smallest absolute Gasteiger partial charge is 0.455 e. The first-order chi connectivity index (χ1) is 9.79. The fourth-order valence-corrected chi connectivity index (χ4v) is 3.07. The Kier molecular flexibility index (Phi) is 3.35. The van der Waals surface area contributed by atoms with E-state index < -0.39 is 6.48 Å². The number of rotatable bonds is 3. The van der Waals surface area contributed by atoms with Crippen molar-refractivity contribution in [2.24, 2.45) is 0 Å². The van der Waals surface area contributed by atoms with Crippen LogP contribution in [-0.4, -0.2) is 17.2 Å². The predicted octanol–water partition coefficient (Wildman–Crippen LogP) is 4.32. The first-order valence-corrected chi connectivity index (χ1v) is 7.44. The highest BCUT2D eigenvalue weighted by Crippen LogP contribution is 2.33. The highest BCUT2D eigenvalue weighted by Gasteiger charge is 2.42.